The standard InChI is InChI=1S/C13H18Cl2N2O2/c1-16(2)13(19)8-17(3)7-12(18)10-6-9(14)4-5-11(10)15/h4-6,12,18H,7-8H2,1-3H3/t12-/m0/s1. The maximum atomic E-state index is 11.5. The predicted molar refractivity (Wildman–Crippen MR) is 77.6 cm³/mol. The third-order valence-corrected chi connectivity index (χ3v) is 3.28. The quantitative estimate of drug-likeness (QED) is 0.905. The van der Waals surface area contributed by atoms with Crippen molar-refractivity contribution in [3.63, 3.8) is 0 Å². The van der Waals surface area contributed by atoms with E-state index in [1.54, 1.807) is 44.2 Å². The molecule has 0 unspecified atom stereocenters. The topological polar surface area (TPSA) is 43.8 Å². The van der Waals surface area contributed by atoms with E-state index >= 15 is 0 Å². The maximum Gasteiger partial charge on any atom is 0.236 e. The summed E-state index contributed by atoms with van der Waals surface area (Å²) in [6.45, 7) is 0.544. The zero-order chi connectivity index (χ0) is 14.6. The molecule has 0 fully saturated rings. The number of halogens is 2. The molecular formula is C13H18Cl2N2O2. The Bertz CT molecular complexity index is 452. The number of benzene rings is 1. The van der Waals surface area contributed by atoms with Crippen molar-refractivity contribution in [1.29, 1.82) is 0 Å². The predicted octanol–water partition coefficient (Wildman–Crippen LogP) is 2.05. The van der Waals surface area contributed by atoms with Gasteiger partial charge in [-0.2, -0.15) is 0 Å². The second-order valence-corrected chi connectivity index (χ2v) is 5.51. The van der Waals surface area contributed by atoms with Crippen molar-refractivity contribution in [1.82, 2.24) is 9.80 Å². The van der Waals surface area contributed by atoms with Crippen LogP contribution in [0, 0.1) is 0 Å². The van der Waals surface area contributed by atoms with Gasteiger partial charge < -0.3 is 10.0 Å². The smallest absolute Gasteiger partial charge is 0.236 e. The second-order valence-electron chi connectivity index (χ2n) is 4.67. The molecule has 4 nitrogen and oxygen atoms in total. The van der Waals surface area contributed by atoms with Gasteiger partial charge in [0, 0.05) is 36.2 Å². The molecule has 0 saturated heterocycles. The Balaban J connectivity index is 2.66. The first-order valence-electron chi connectivity index (χ1n) is 5.83. The van der Waals surface area contributed by atoms with Gasteiger partial charge in [0.2, 0.25) is 5.91 Å². The summed E-state index contributed by atoms with van der Waals surface area (Å²) in [5.41, 5.74) is 0.568. The molecule has 0 aliphatic heterocycles. The van der Waals surface area contributed by atoms with Gasteiger partial charge in [0.1, 0.15) is 0 Å². The minimum atomic E-state index is -0.786. The highest BCUT2D eigenvalue weighted by molar-refractivity contribution is 6.33. The summed E-state index contributed by atoms with van der Waals surface area (Å²) in [4.78, 5) is 14.8. The summed E-state index contributed by atoms with van der Waals surface area (Å²) < 4.78 is 0. The number of hydrogen-bond donors (Lipinski definition) is 1. The van der Waals surface area contributed by atoms with Crippen LogP contribution in [-0.4, -0.2) is 55.0 Å². The summed E-state index contributed by atoms with van der Waals surface area (Å²) in [7, 11) is 5.16. The summed E-state index contributed by atoms with van der Waals surface area (Å²) >= 11 is 11.9. The zero-order valence-corrected chi connectivity index (χ0v) is 12.7. The van der Waals surface area contributed by atoms with Crippen molar-refractivity contribution in [3.8, 4) is 0 Å². The molecule has 0 saturated carbocycles. The average Bonchev–Trinajstić information content (AvgIpc) is 2.31. The Morgan fingerprint density at radius 1 is 1.32 bits per heavy atom. The summed E-state index contributed by atoms with van der Waals surface area (Å²) in [5, 5.41) is 11.1. The molecule has 1 atom stereocenters. The Labute approximate surface area is 123 Å². The van der Waals surface area contributed by atoms with E-state index in [9.17, 15) is 9.90 Å². The van der Waals surface area contributed by atoms with Crippen LogP contribution in [-0.2, 0) is 4.79 Å². The molecule has 1 aromatic carbocycles. The van der Waals surface area contributed by atoms with Crippen LogP contribution in [0.2, 0.25) is 10.0 Å². The highest BCUT2D eigenvalue weighted by atomic mass is 35.5. The lowest BCUT2D eigenvalue weighted by Crippen LogP contribution is -2.36. The van der Waals surface area contributed by atoms with Crippen LogP contribution < -0.4 is 0 Å². The molecule has 0 aromatic heterocycles. The number of nitrogens with zero attached hydrogens (tertiary/aromatic N) is 2. The molecule has 106 valence electrons. The molecule has 0 bridgehead atoms. The number of rotatable bonds is 5. The summed E-state index contributed by atoms with van der Waals surface area (Å²) in [6.07, 6.45) is -0.786. The van der Waals surface area contributed by atoms with Crippen LogP contribution in [0.3, 0.4) is 0 Å². The van der Waals surface area contributed by atoms with Crippen LogP contribution in [0.15, 0.2) is 18.2 Å². The van der Waals surface area contributed by atoms with Gasteiger partial charge in [0.05, 0.1) is 12.6 Å². The lowest BCUT2D eigenvalue weighted by molar-refractivity contribution is -0.129. The maximum absolute atomic E-state index is 11.5. The molecule has 1 amide bonds. The van der Waals surface area contributed by atoms with Gasteiger partial charge in [-0.25, -0.2) is 0 Å². The van der Waals surface area contributed by atoms with E-state index in [0.717, 1.165) is 0 Å². The molecular weight excluding hydrogens is 287 g/mol. The molecule has 6 heteroatoms. The normalized spacial score (nSPS) is 12.6. The summed E-state index contributed by atoms with van der Waals surface area (Å²) in [5.74, 6) is -0.0214. The molecule has 0 aliphatic rings. The van der Waals surface area contributed by atoms with Gasteiger partial charge in [-0.1, -0.05) is 23.2 Å². The Hall–Kier alpha value is -0.810. The van der Waals surface area contributed by atoms with Crippen molar-refractivity contribution < 1.29 is 9.90 Å². The zero-order valence-electron chi connectivity index (χ0n) is 11.2. The van der Waals surface area contributed by atoms with E-state index in [1.807, 2.05) is 0 Å². The first-order valence-corrected chi connectivity index (χ1v) is 6.58. The van der Waals surface area contributed by atoms with Crippen LogP contribution in [0.25, 0.3) is 0 Å². The minimum Gasteiger partial charge on any atom is -0.387 e. The largest absolute Gasteiger partial charge is 0.387 e. The van der Waals surface area contributed by atoms with Gasteiger partial charge in [0.15, 0.2) is 0 Å². The lowest BCUT2D eigenvalue weighted by atomic mass is 10.1. The Morgan fingerprint density at radius 2 is 1.95 bits per heavy atom. The van der Waals surface area contributed by atoms with Gasteiger partial charge in [-0.05, 0) is 25.2 Å². The van der Waals surface area contributed by atoms with Crippen LogP contribution in [0.5, 0.6) is 0 Å². The highest BCUT2D eigenvalue weighted by Crippen LogP contribution is 2.26. The molecule has 0 aliphatic carbocycles. The fourth-order valence-electron chi connectivity index (χ4n) is 1.60. The molecule has 0 spiro atoms. The van der Waals surface area contributed by atoms with Crippen molar-refractivity contribution in [2.24, 2.45) is 0 Å². The highest BCUT2D eigenvalue weighted by Gasteiger charge is 2.16. The first kappa shape index (κ1) is 16.2. The number of carbonyl (C=O) groups is 1. The minimum absolute atomic E-state index is 0.0214. The molecule has 0 radical (unpaired) electrons. The lowest BCUT2D eigenvalue weighted by Gasteiger charge is -2.22. The number of likely N-dealkylation sites (N-methyl/N-ethyl adjacent to an activating group) is 2. The Morgan fingerprint density at radius 3 is 2.53 bits per heavy atom. The van der Waals surface area contributed by atoms with Gasteiger partial charge in [0.25, 0.3) is 0 Å². The van der Waals surface area contributed by atoms with Crippen molar-refractivity contribution >= 4 is 29.1 Å². The van der Waals surface area contributed by atoms with Crippen LogP contribution in [0.1, 0.15) is 11.7 Å². The van der Waals surface area contributed by atoms with Crippen molar-refractivity contribution in [2.75, 3.05) is 34.2 Å². The first-order chi connectivity index (χ1) is 8.81. The van der Waals surface area contributed by atoms with E-state index in [2.05, 4.69) is 0 Å². The van der Waals surface area contributed by atoms with E-state index in [4.69, 9.17) is 23.2 Å². The van der Waals surface area contributed by atoms with E-state index in [1.165, 1.54) is 4.90 Å². The SMILES string of the molecule is CN(CC(=O)N(C)C)C[C@H](O)c1cc(Cl)ccc1Cl. The monoisotopic (exact) mass is 304 g/mol. The molecule has 19 heavy (non-hydrogen) atoms. The Kier molecular flexibility index (Phi) is 6.07. The number of carbonyl (C=O) groups excluding carboxylic acids is 1. The van der Waals surface area contributed by atoms with Gasteiger partial charge in [-0.15, -0.1) is 0 Å². The number of aliphatic hydroxyl groups is 1. The number of amides is 1. The van der Waals surface area contributed by atoms with Crippen molar-refractivity contribution in [2.45, 2.75) is 6.10 Å². The fourth-order valence-corrected chi connectivity index (χ4v) is 2.02. The van der Waals surface area contributed by atoms with Gasteiger partial charge in [-0.3, -0.25) is 9.69 Å². The third kappa shape index (κ3) is 4.99. The number of hydrogen-bond acceptors (Lipinski definition) is 3. The fraction of sp³-hybridized carbons (Fsp3) is 0.462. The molecule has 1 rings (SSSR count). The number of aliphatic hydroxyl groups excluding tert-OH is 1. The molecule has 1 N–H and O–H groups in total. The van der Waals surface area contributed by atoms with E-state index in [0.29, 0.717) is 22.2 Å². The van der Waals surface area contributed by atoms with E-state index in [-0.39, 0.29) is 12.5 Å². The molecule has 0 heterocycles. The average molecular weight is 305 g/mol. The molecule has 1 aromatic rings. The van der Waals surface area contributed by atoms with Crippen molar-refractivity contribution in [3.05, 3.63) is 33.8 Å². The van der Waals surface area contributed by atoms with E-state index < -0.39 is 6.10 Å². The van der Waals surface area contributed by atoms with Crippen LogP contribution >= 0.6 is 23.2 Å². The van der Waals surface area contributed by atoms with Gasteiger partial charge >= 0.3 is 0 Å². The summed E-state index contributed by atoms with van der Waals surface area (Å²) in [6, 6.07) is 4.95. The third-order valence-electron chi connectivity index (χ3n) is 2.71. The second kappa shape index (κ2) is 7.10. The van der Waals surface area contributed by atoms with Crippen LogP contribution in [0.4, 0.5) is 0 Å².